The van der Waals surface area contributed by atoms with Gasteiger partial charge in [-0.2, -0.15) is 0 Å². The predicted octanol–water partition coefficient (Wildman–Crippen LogP) is 0.144. The van der Waals surface area contributed by atoms with Crippen LogP contribution in [0.15, 0.2) is 12.3 Å². The number of nitrogens with one attached hydrogen (secondary N) is 1. The van der Waals surface area contributed by atoms with Gasteiger partial charge in [0, 0.05) is 20.6 Å². The molecule has 0 radical (unpaired) electrons. The molecule has 1 aromatic rings. The number of carbonyl (C=O) groups is 1. The molecule has 0 atom stereocenters. The van der Waals surface area contributed by atoms with Crippen molar-refractivity contribution < 1.29 is 17.9 Å². The minimum absolute atomic E-state index is 0.0825. The van der Waals surface area contributed by atoms with Gasteiger partial charge < -0.3 is 15.8 Å². The van der Waals surface area contributed by atoms with Gasteiger partial charge in [-0.25, -0.2) is 22.5 Å². The quantitative estimate of drug-likeness (QED) is 0.688. The monoisotopic (exact) mass is 316 g/mol. The van der Waals surface area contributed by atoms with E-state index in [9.17, 15) is 13.2 Å². The number of nitrogens with zero attached hydrogens (tertiary/aromatic N) is 2. The van der Waals surface area contributed by atoms with Gasteiger partial charge in [-0.15, -0.1) is 0 Å². The predicted molar refractivity (Wildman–Crippen MR) is 80.6 cm³/mol. The molecule has 0 spiro atoms. The fourth-order valence-electron chi connectivity index (χ4n) is 1.44. The summed E-state index contributed by atoms with van der Waals surface area (Å²) in [6, 6.07) is 1.44. The zero-order valence-corrected chi connectivity index (χ0v) is 13.1. The van der Waals surface area contributed by atoms with Gasteiger partial charge in [-0.1, -0.05) is 0 Å². The topological polar surface area (TPSA) is 115 Å². The summed E-state index contributed by atoms with van der Waals surface area (Å²) in [6.07, 6.45) is 1.33. The first-order valence-electron chi connectivity index (χ1n) is 6.34. The lowest BCUT2D eigenvalue weighted by atomic mass is 10.2. The smallest absolute Gasteiger partial charge is 0.340 e. The largest absolute Gasteiger partial charge is 0.462 e. The highest BCUT2D eigenvalue weighted by molar-refractivity contribution is 7.89. The number of aromatic nitrogens is 1. The first-order valence-corrected chi connectivity index (χ1v) is 7.95. The summed E-state index contributed by atoms with van der Waals surface area (Å²) in [5, 5.41) is 2.84. The summed E-state index contributed by atoms with van der Waals surface area (Å²) in [7, 11) is -0.349. The fourth-order valence-corrected chi connectivity index (χ4v) is 2.16. The van der Waals surface area contributed by atoms with E-state index < -0.39 is 16.0 Å². The van der Waals surface area contributed by atoms with E-state index in [1.54, 1.807) is 6.92 Å². The van der Waals surface area contributed by atoms with Gasteiger partial charge >= 0.3 is 5.97 Å². The van der Waals surface area contributed by atoms with Gasteiger partial charge in [0.05, 0.1) is 29.8 Å². The Hall–Kier alpha value is -1.87. The number of nitrogen functional groups attached to an aromatic ring is 1. The SMILES string of the molecule is CCOC(=O)c1cc(NCCS(=O)(=O)N(C)C)ncc1N. The molecule has 0 unspecified atom stereocenters. The van der Waals surface area contributed by atoms with Crippen LogP contribution < -0.4 is 11.1 Å². The maximum Gasteiger partial charge on any atom is 0.340 e. The van der Waals surface area contributed by atoms with Gasteiger partial charge in [0.15, 0.2) is 0 Å². The van der Waals surface area contributed by atoms with Gasteiger partial charge in [-0.05, 0) is 13.0 Å². The highest BCUT2D eigenvalue weighted by Crippen LogP contribution is 2.16. The number of hydrogen-bond acceptors (Lipinski definition) is 7. The van der Waals surface area contributed by atoms with Crippen molar-refractivity contribution in [3.8, 4) is 0 Å². The van der Waals surface area contributed by atoms with Crippen LogP contribution in [0.5, 0.6) is 0 Å². The summed E-state index contributed by atoms with van der Waals surface area (Å²) in [4.78, 5) is 15.7. The molecule has 0 aliphatic heterocycles. The van der Waals surface area contributed by atoms with Crippen LogP contribution in [0.4, 0.5) is 11.5 Å². The van der Waals surface area contributed by atoms with Gasteiger partial charge in [-0.3, -0.25) is 0 Å². The van der Waals surface area contributed by atoms with Crippen molar-refractivity contribution in [3.63, 3.8) is 0 Å². The van der Waals surface area contributed by atoms with Crippen molar-refractivity contribution in [2.24, 2.45) is 0 Å². The first kappa shape index (κ1) is 17.2. The molecule has 3 N–H and O–H groups in total. The minimum atomic E-state index is -3.28. The Morgan fingerprint density at radius 2 is 2.14 bits per heavy atom. The minimum Gasteiger partial charge on any atom is -0.462 e. The van der Waals surface area contributed by atoms with Gasteiger partial charge in [0.1, 0.15) is 5.82 Å². The van der Waals surface area contributed by atoms with E-state index in [1.165, 1.54) is 26.4 Å². The Kier molecular flexibility index (Phi) is 5.91. The lowest BCUT2D eigenvalue weighted by Gasteiger charge is -2.12. The van der Waals surface area contributed by atoms with Crippen molar-refractivity contribution >= 4 is 27.5 Å². The molecule has 1 rings (SSSR count). The average Bonchev–Trinajstić information content (AvgIpc) is 2.40. The molecule has 8 nitrogen and oxygen atoms in total. The van der Waals surface area contributed by atoms with Gasteiger partial charge in [0.2, 0.25) is 10.0 Å². The molecular weight excluding hydrogens is 296 g/mol. The molecule has 0 aliphatic rings. The van der Waals surface area contributed by atoms with Crippen LogP contribution in [0.1, 0.15) is 17.3 Å². The molecule has 0 aromatic carbocycles. The van der Waals surface area contributed by atoms with Crippen LogP contribution in [-0.4, -0.2) is 56.7 Å². The molecule has 0 saturated carbocycles. The molecule has 1 heterocycles. The number of hydrogen-bond donors (Lipinski definition) is 2. The van der Waals surface area contributed by atoms with E-state index in [1.807, 2.05) is 0 Å². The third kappa shape index (κ3) is 4.87. The number of carbonyl (C=O) groups excluding carboxylic acids is 1. The number of nitrogens with two attached hydrogens (primary N) is 1. The zero-order chi connectivity index (χ0) is 16.0. The lowest BCUT2D eigenvalue weighted by molar-refractivity contribution is 0.0527. The number of esters is 1. The molecule has 9 heteroatoms. The van der Waals surface area contributed by atoms with Crippen LogP contribution in [0.3, 0.4) is 0 Å². The Bertz CT molecular complexity index is 601. The second kappa shape index (κ2) is 7.23. The first-order chi connectivity index (χ1) is 9.77. The van der Waals surface area contributed by atoms with Crippen molar-refractivity contribution in [1.29, 1.82) is 0 Å². The molecule has 0 fully saturated rings. The van der Waals surface area contributed by atoms with E-state index in [0.29, 0.717) is 5.82 Å². The van der Waals surface area contributed by atoms with E-state index in [2.05, 4.69) is 10.3 Å². The number of ether oxygens (including phenoxy) is 1. The van der Waals surface area contributed by atoms with Crippen molar-refractivity contribution in [3.05, 3.63) is 17.8 Å². The summed E-state index contributed by atoms with van der Waals surface area (Å²) in [6.45, 7) is 2.10. The van der Waals surface area contributed by atoms with E-state index in [4.69, 9.17) is 10.5 Å². The number of sulfonamides is 1. The molecule has 0 bridgehead atoms. The van der Waals surface area contributed by atoms with Gasteiger partial charge in [0.25, 0.3) is 0 Å². The third-order valence-corrected chi connectivity index (χ3v) is 4.49. The van der Waals surface area contributed by atoms with Crippen molar-refractivity contribution in [2.75, 3.05) is 44.1 Å². The van der Waals surface area contributed by atoms with Crippen LogP contribution >= 0.6 is 0 Å². The second-order valence-electron chi connectivity index (χ2n) is 4.40. The van der Waals surface area contributed by atoms with Crippen molar-refractivity contribution in [1.82, 2.24) is 9.29 Å². The summed E-state index contributed by atoms with van der Waals surface area (Å²) in [5.74, 6) is -0.261. The summed E-state index contributed by atoms with van der Waals surface area (Å²) < 4.78 is 29.2. The molecule has 21 heavy (non-hydrogen) atoms. The normalized spacial score (nSPS) is 11.4. The standard InChI is InChI=1S/C12H20N4O4S/c1-4-20-12(17)9-7-11(15-8-10(9)13)14-5-6-21(18,19)16(2)3/h7-8H,4-6,13H2,1-3H3,(H,14,15). The number of anilines is 2. The third-order valence-electron chi connectivity index (χ3n) is 2.65. The summed E-state index contributed by atoms with van der Waals surface area (Å²) in [5.41, 5.74) is 6.07. The summed E-state index contributed by atoms with van der Waals surface area (Å²) >= 11 is 0. The van der Waals surface area contributed by atoms with Crippen LogP contribution in [0, 0.1) is 0 Å². The van der Waals surface area contributed by atoms with Crippen molar-refractivity contribution in [2.45, 2.75) is 6.92 Å². The molecule has 0 aliphatic carbocycles. The molecule has 1 aromatic heterocycles. The fraction of sp³-hybridized carbons (Fsp3) is 0.500. The Labute approximate surface area is 124 Å². The van der Waals surface area contributed by atoms with Crippen LogP contribution in [0.2, 0.25) is 0 Å². The molecule has 118 valence electrons. The number of pyridine rings is 1. The zero-order valence-electron chi connectivity index (χ0n) is 12.3. The number of rotatable bonds is 7. The maximum atomic E-state index is 11.7. The molecular formula is C12H20N4O4S. The Balaban J connectivity index is 2.73. The molecule has 0 amide bonds. The molecule has 0 saturated heterocycles. The second-order valence-corrected chi connectivity index (χ2v) is 6.70. The van der Waals surface area contributed by atoms with Crippen LogP contribution in [-0.2, 0) is 14.8 Å². The lowest BCUT2D eigenvalue weighted by Crippen LogP contribution is -2.28. The van der Waals surface area contributed by atoms with Crippen LogP contribution in [0.25, 0.3) is 0 Å². The van der Waals surface area contributed by atoms with E-state index in [-0.39, 0.29) is 30.2 Å². The highest BCUT2D eigenvalue weighted by Gasteiger charge is 2.15. The average molecular weight is 316 g/mol. The Morgan fingerprint density at radius 1 is 1.48 bits per heavy atom. The van der Waals surface area contributed by atoms with E-state index in [0.717, 1.165) is 4.31 Å². The highest BCUT2D eigenvalue weighted by atomic mass is 32.2. The maximum absolute atomic E-state index is 11.7. The Morgan fingerprint density at radius 3 is 2.71 bits per heavy atom. The van der Waals surface area contributed by atoms with E-state index >= 15 is 0 Å².